The van der Waals surface area contributed by atoms with Crippen molar-refractivity contribution in [2.75, 3.05) is 31.8 Å². The highest BCUT2D eigenvalue weighted by Crippen LogP contribution is 2.38. The molecule has 362 valence electrons. The van der Waals surface area contributed by atoms with Gasteiger partial charge in [-0.3, -0.25) is 0 Å². The Bertz CT molecular complexity index is 3230. The summed E-state index contributed by atoms with van der Waals surface area (Å²) in [6, 6.07) is 35.4. The zero-order chi connectivity index (χ0) is 49.7. The SMILES string of the molecule is C.COC(=O)c1cc(N)cc(-n2c(C)ccc2-c2cc(F)ccc2OCc2ccc(F)cc2F)c1.Cc1ccc(-c2cc(Br)ccc2OCc2ccc(P)cc2F)n1-c1cc(C(=O)O)cc(N(C)C)c1. The Morgan fingerprint density at radius 2 is 1.19 bits per heavy atom. The van der Waals surface area contributed by atoms with Crippen LogP contribution in [0.1, 0.15) is 50.7 Å². The standard InChI is InChI=1S/C27H25BrFN2O3P.C26H21F3N2O3.CH4/c1-16-4-8-25(31(16)21-11-18(27(32)33)10-20(13-21)30(2)3)23-12-19(28)6-9-26(23)34-15-17-5-7-22(35)14-24(17)29;1-15-3-7-24(31(15)21-10-17(26(32)33-2)9-20(30)13-21)22-11-18(27)6-8-25(22)34-14-16-4-5-19(28)12-23(16)29;/h4-14H,15,35H2,1-3H3,(H,32,33);3-13H,14,30H2,1-2H3;1H4. The van der Waals surface area contributed by atoms with Crippen LogP contribution in [0.25, 0.3) is 33.9 Å². The van der Waals surface area contributed by atoms with Crippen LogP contribution < -0.4 is 25.4 Å². The van der Waals surface area contributed by atoms with E-state index in [-0.39, 0.29) is 43.1 Å². The van der Waals surface area contributed by atoms with Gasteiger partial charge in [-0.1, -0.05) is 35.5 Å². The van der Waals surface area contributed by atoms with Gasteiger partial charge in [-0.25, -0.2) is 27.2 Å². The number of aromatic nitrogens is 2. The van der Waals surface area contributed by atoms with Crippen LogP contribution >= 0.6 is 25.2 Å². The fraction of sp³-hybridized carbons (Fsp3) is 0.148. The molecule has 0 amide bonds. The predicted molar refractivity (Wildman–Crippen MR) is 274 cm³/mol. The number of benzene rings is 6. The number of carbonyl (C=O) groups excluding carboxylic acids is 1. The van der Waals surface area contributed by atoms with Gasteiger partial charge in [0.25, 0.3) is 0 Å². The number of carboxylic acids is 1. The summed E-state index contributed by atoms with van der Waals surface area (Å²) in [5.74, 6) is -2.91. The van der Waals surface area contributed by atoms with Crippen LogP contribution in [-0.2, 0) is 18.0 Å². The minimum absolute atomic E-state index is 0. The number of carboxylic acid groups (broad SMARTS) is 1. The highest BCUT2D eigenvalue weighted by atomic mass is 79.9. The number of rotatable bonds is 13. The Morgan fingerprint density at radius 3 is 1.76 bits per heavy atom. The van der Waals surface area contributed by atoms with E-state index in [1.54, 1.807) is 41.0 Å². The van der Waals surface area contributed by atoms with Gasteiger partial charge in [0.2, 0.25) is 0 Å². The quantitative estimate of drug-likeness (QED) is 0.0507. The van der Waals surface area contributed by atoms with Crippen molar-refractivity contribution in [2.24, 2.45) is 0 Å². The van der Waals surface area contributed by atoms with E-state index in [9.17, 15) is 32.3 Å². The first-order valence-electron chi connectivity index (χ1n) is 21.2. The van der Waals surface area contributed by atoms with Crippen molar-refractivity contribution in [3.63, 3.8) is 0 Å². The second-order valence-corrected chi connectivity index (χ2v) is 17.7. The fourth-order valence-corrected chi connectivity index (χ4v) is 8.18. The molecule has 0 saturated carbocycles. The van der Waals surface area contributed by atoms with Crippen molar-refractivity contribution < 1.29 is 46.5 Å². The van der Waals surface area contributed by atoms with Crippen LogP contribution in [-0.4, -0.2) is 47.4 Å². The number of nitrogens with two attached hydrogens (primary N) is 1. The lowest BCUT2D eigenvalue weighted by Crippen LogP contribution is -2.12. The van der Waals surface area contributed by atoms with Crippen molar-refractivity contribution in [3.05, 3.63) is 195 Å². The van der Waals surface area contributed by atoms with E-state index in [0.717, 1.165) is 55.9 Å². The maximum absolute atomic E-state index is 14.4. The first-order chi connectivity index (χ1) is 32.9. The number of nitrogen functional groups attached to an aromatic ring is 1. The Labute approximate surface area is 414 Å². The van der Waals surface area contributed by atoms with Crippen LogP contribution in [0.5, 0.6) is 11.5 Å². The second kappa shape index (κ2) is 22.4. The average Bonchev–Trinajstić information content (AvgIpc) is 3.90. The summed E-state index contributed by atoms with van der Waals surface area (Å²) < 4.78 is 77.3. The molecule has 6 aromatic carbocycles. The van der Waals surface area contributed by atoms with E-state index < -0.39 is 29.4 Å². The van der Waals surface area contributed by atoms with E-state index in [4.69, 9.17) is 19.9 Å². The third kappa shape index (κ3) is 11.9. The largest absolute Gasteiger partial charge is 0.488 e. The summed E-state index contributed by atoms with van der Waals surface area (Å²) in [5.41, 5.74) is 13.8. The van der Waals surface area contributed by atoms with Crippen molar-refractivity contribution in [1.29, 1.82) is 0 Å². The van der Waals surface area contributed by atoms with Crippen LogP contribution in [0.4, 0.5) is 28.9 Å². The molecule has 0 fully saturated rings. The molecule has 8 aromatic rings. The first kappa shape index (κ1) is 52.0. The molecule has 0 aliphatic carbocycles. The molecule has 70 heavy (non-hydrogen) atoms. The molecule has 2 heterocycles. The molecule has 10 nitrogen and oxygen atoms in total. The van der Waals surface area contributed by atoms with Crippen LogP contribution in [0.15, 0.2) is 138 Å². The summed E-state index contributed by atoms with van der Waals surface area (Å²) in [6.07, 6.45) is 0. The van der Waals surface area contributed by atoms with Gasteiger partial charge in [0, 0.05) is 81.0 Å². The normalized spacial score (nSPS) is 10.7. The molecule has 1 atom stereocenters. The topological polar surface area (TPSA) is 121 Å². The Balaban J connectivity index is 0.000000226. The van der Waals surface area contributed by atoms with Gasteiger partial charge in [-0.05, 0) is 134 Å². The Morgan fingerprint density at radius 1 is 0.657 bits per heavy atom. The molecule has 0 radical (unpaired) electrons. The molecule has 1 unspecified atom stereocenters. The molecule has 16 heteroatoms. The van der Waals surface area contributed by atoms with Gasteiger partial charge in [-0.2, -0.15) is 0 Å². The third-order valence-electron chi connectivity index (χ3n) is 11.0. The van der Waals surface area contributed by atoms with Gasteiger partial charge in [0.1, 0.15) is 48.0 Å². The van der Waals surface area contributed by atoms with Crippen LogP contribution in [0.2, 0.25) is 0 Å². The number of nitrogens with zero attached hydrogens (tertiary/aromatic N) is 3. The Hall–Kier alpha value is -7.35. The van der Waals surface area contributed by atoms with Gasteiger partial charge in [-0.15, -0.1) is 9.24 Å². The number of hydrogen-bond acceptors (Lipinski definition) is 7. The molecular weight excluding hydrogens is 987 g/mol. The van der Waals surface area contributed by atoms with E-state index in [2.05, 4.69) is 25.2 Å². The summed E-state index contributed by atoms with van der Waals surface area (Å²) >= 11 is 3.55. The average molecular weight is 1040 g/mol. The predicted octanol–water partition coefficient (Wildman–Crippen LogP) is 12.7. The molecule has 8 rings (SSSR count). The van der Waals surface area contributed by atoms with Crippen molar-refractivity contribution in [1.82, 2.24) is 9.13 Å². The van der Waals surface area contributed by atoms with Crippen molar-refractivity contribution in [2.45, 2.75) is 34.5 Å². The zero-order valence-corrected chi connectivity index (χ0v) is 40.7. The fourth-order valence-electron chi connectivity index (χ4n) is 7.58. The number of anilines is 2. The summed E-state index contributed by atoms with van der Waals surface area (Å²) in [7, 11) is 7.50. The highest BCUT2D eigenvalue weighted by Gasteiger charge is 2.20. The maximum atomic E-state index is 14.4. The van der Waals surface area contributed by atoms with Gasteiger partial charge in [0.15, 0.2) is 0 Å². The number of ether oxygens (including phenoxy) is 3. The van der Waals surface area contributed by atoms with Crippen LogP contribution in [0, 0.1) is 37.1 Å². The maximum Gasteiger partial charge on any atom is 0.337 e. The molecule has 0 aliphatic rings. The molecule has 0 aliphatic heterocycles. The number of halogens is 5. The number of methoxy groups -OCH3 is 1. The first-order valence-corrected chi connectivity index (χ1v) is 22.5. The summed E-state index contributed by atoms with van der Waals surface area (Å²) in [6.45, 7) is 3.70. The van der Waals surface area contributed by atoms with E-state index in [1.807, 2.05) is 85.9 Å². The van der Waals surface area contributed by atoms with Crippen molar-refractivity contribution >= 4 is 53.8 Å². The lowest BCUT2D eigenvalue weighted by molar-refractivity contribution is 0.0599. The van der Waals surface area contributed by atoms with Crippen LogP contribution in [0.3, 0.4) is 0 Å². The third-order valence-corrected chi connectivity index (χ3v) is 11.8. The molecule has 0 spiro atoms. The summed E-state index contributed by atoms with van der Waals surface area (Å²) in [4.78, 5) is 25.8. The lowest BCUT2D eigenvalue weighted by atomic mass is 10.1. The number of carbonyl (C=O) groups is 2. The molecular formula is C54H50BrF4N4O6P. The van der Waals surface area contributed by atoms with Gasteiger partial charge in [0.05, 0.1) is 29.6 Å². The minimum Gasteiger partial charge on any atom is -0.488 e. The van der Waals surface area contributed by atoms with Gasteiger partial charge >= 0.3 is 11.9 Å². The smallest absolute Gasteiger partial charge is 0.337 e. The Kier molecular flexibility index (Phi) is 16.6. The van der Waals surface area contributed by atoms with Gasteiger partial charge < -0.3 is 39.1 Å². The molecule has 0 saturated heterocycles. The monoisotopic (exact) mass is 1040 g/mol. The number of aromatic carboxylic acids is 1. The van der Waals surface area contributed by atoms with E-state index in [0.29, 0.717) is 39.7 Å². The highest BCUT2D eigenvalue weighted by molar-refractivity contribution is 9.10. The summed E-state index contributed by atoms with van der Waals surface area (Å²) in [5, 5.41) is 10.4. The van der Waals surface area contributed by atoms with E-state index >= 15 is 0 Å². The van der Waals surface area contributed by atoms with E-state index in [1.165, 1.54) is 43.5 Å². The number of hydrogen-bond donors (Lipinski definition) is 2. The van der Waals surface area contributed by atoms with Crippen molar-refractivity contribution in [3.8, 4) is 45.4 Å². The minimum atomic E-state index is -0.994. The number of aryl methyl sites for hydroxylation is 2. The zero-order valence-electron chi connectivity index (χ0n) is 38.0. The molecule has 3 N–H and O–H groups in total. The molecule has 2 aromatic heterocycles. The number of esters is 1. The molecule has 0 bridgehead atoms. The second-order valence-electron chi connectivity index (χ2n) is 16.1. The lowest BCUT2D eigenvalue weighted by Gasteiger charge is -2.19.